The third kappa shape index (κ3) is 5.37. The summed E-state index contributed by atoms with van der Waals surface area (Å²) in [7, 11) is 0. The van der Waals surface area contributed by atoms with Crippen LogP contribution in [0.15, 0.2) is 24.7 Å². The van der Waals surface area contributed by atoms with E-state index in [1.807, 2.05) is 43.9 Å². The Labute approximate surface area is 129 Å². The molecule has 0 aliphatic heterocycles. The number of imidazole rings is 1. The van der Waals surface area contributed by atoms with Crippen molar-refractivity contribution in [2.75, 3.05) is 0 Å². The van der Waals surface area contributed by atoms with Gasteiger partial charge in [-0.25, -0.2) is 4.98 Å². The average Bonchev–Trinajstić information content (AvgIpc) is 3.02. The van der Waals surface area contributed by atoms with Crippen LogP contribution in [0.1, 0.15) is 65.0 Å². The number of rotatable bonds is 1. The smallest absolute Gasteiger partial charge is 0.105 e. The third-order valence-corrected chi connectivity index (χ3v) is 3.21. The molecule has 1 saturated carbocycles. The van der Waals surface area contributed by atoms with E-state index in [-0.39, 0.29) is 5.54 Å². The van der Waals surface area contributed by atoms with Crippen molar-refractivity contribution >= 4 is 0 Å². The largest absolute Gasteiger partial charge is 0.332 e. The van der Waals surface area contributed by atoms with Crippen LogP contribution < -0.4 is 0 Å². The van der Waals surface area contributed by atoms with Gasteiger partial charge in [-0.2, -0.15) is 5.10 Å². The van der Waals surface area contributed by atoms with E-state index in [0.29, 0.717) is 0 Å². The highest BCUT2D eigenvalue weighted by Gasteiger charge is 2.23. The van der Waals surface area contributed by atoms with Gasteiger partial charge in [-0.15, -0.1) is 0 Å². The molecule has 2 heterocycles. The summed E-state index contributed by atoms with van der Waals surface area (Å²) in [6, 6.07) is 2.80. The highest BCUT2D eigenvalue weighted by atomic mass is 15.3. The summed E-state index contributed by atoms with van der Waals surface area (Å²) in [6.45, 7) is 14.5. The van der Waals surface area contributed by atoms with Gasteiger partial charge in [0.2, 0.25) is 0 Å². The van der Waals surface area contributed by atoms with Crippen LogP contribution in [-0.4, -0.2) is 19.3 Å². The predicted octanol–water partition coefficient (Wildman–Crippen LogP) is 4.50. The van der Waals surface area contributed by atoms with E-state index in [1.54, 1.807) is 0 Å². The van der Waals surface area contributed by atoms with Crippen molar-refractivity contribution < 1.29 is 0 Å². The molecule has 1 aliphatic rings. The lowest BCUT2D eigenvalue weighted by Gasteiger charge is -2.18. The van der Waals surface area contributed by atoms with Gasteiger partial charge < -0.3 is 4.57 Å². The lowest BCUT2D eigenvalue weighted by molar-refractivity contribution is 0.354. The summed E-state index contributed by atoms with van der Waals surface area (Å²) in [5.74, 6) is 1.15. The average molecular weight is 290 g/mol. The second-order valence-electron chi connectivity index (χ2n) is 6.19. The Kier molecular flexibility index (Phi) is 6.19. The first kappa shape index (κ1) is 17.5. The Morgan fingerprint density at radius 3 is 2.00 bits per heavy atom. The molecule has 4 heteroatoms. The molecular weight excluding hydrogens is 260 g/mol. The minimum atomic E-state index is 0.119. The number of nitrogens with zero attached hydrogens (tertiary/aromatic N) is 4. The van der Waals surface area contributed by atoms with Gasteiger partial charge in [0.15, 0.2) is 0 Å². The maximum absolute atomic E-state index is 4.30. The Morgan fingerprint density at radius 2 is 1.71 bits per heavy atom. The van der Waals surface area contributed by atoms with Crippen molar-refractivity contribution in [1.82, 2.24) is 19.3 Å². The summed E-state index contributed by atoms with van der Waals surface area (Å²) < 4.78 is 4.22. The van der Waals surface area contributed by atoms with Gasteiger partial charge in [-0.3, -0.25) is 4.68 Å². The van der Waals surface area contributed by atoms with Gasteiger partial charge in [-0.05, 0) is 53.5 Å². The zero-order valence-corrected chi connectivity index (χ0v) is 14.6. The summed E-state index contributed by atoms with van der Waals surface area (Å²) in [5, 5.41) is 4.30. The van der Waals surface area contributed by atoms with E-state index in [0.717, 1.165) is 17.6 Å². The van der Waals surface area contributed by atoms with E-state index < -0.39 is 0 Å². The fourth-order valence-electron chi connectivity index (χ4n) is 1.91. The van der Waals surface area contributed by atoms with Gasteiger partial charge in [0.25, 0.3) is 0 Å². The molecule has 0 saturated heterocycles. The van der Waals surface area contributed by atoms with E-state index in [1.165, 1.54) is 12.8 Å². The van der Waals surface area contributed by atoms with Gasteiger partial charge in [-0.1, -0.05) is 13.8 Å². The highest BCUT2D eigenvalue weighted by Crippen LogP contribution is 2.35. The van der Waals surface area contributed by atoms with Crippen LogP contribution in [0, 0.1) is 13.8 Å². The maximum atomic E-state index is 4.30. The Hall–Kier alpha value is -1.58. The summed E-state index contributed by atoms with van der Waals surface area (Å²) in [4.78, 5) is 4.14. The lowest BCUT2D eigenvalue weighted by Crippen LogP contribution is -2.22. The molecule has 0 radical (unpaired) electrons. The van der Waals surface area contributed by atoms with E-state index >= 15 is 0 Å². The van der Waals surface area contributed by atoms with Crippen LogP contribution in [0.3, 0.4) is 0 Å². The first-order valence-electron chi connectivity index (χ1n) is 7.90. The van der Waals surface area contributed by atoms with Crippen molar-refractivity contribution in [2.45, 2.75) is 72.9 Å². The van der Waals surface area contributed by atoms with Crippen molar-refractivity contribution in [1.29, 1.82) is 0 Å². The summed E-state index contributed by atoms with van der Waals surface area (Å²) >= 11 is 0. The number of aryl methyl sites for hydroxylation is 2. The molecule has 2 aromatic heterocycles. The number of hydrogen-bond acceptors (Lipinski definition) is 2. The van der Waals surface area contributed by atoms with Crippen LogP contribution in [-0.2, 0) is 5.54 Å². The molecule has 2 aromatic rings. The fraction of sp³-hybridized carbons (Fsp3) is 0.647. The number of aromatic nitrogens is 4. The zero-order valence-electron chi connectivity index (χ0n) is 14.6. The van der Waals surface area contributed by atoms with Crippen molar-refractivity contribution in [3.63, 3.8) is 0 Å². The van der Waals surface area contributed by atoms with Crippen molar-refractivity contribution in [2.24, 2.45) is 0 Å². The van der Waals surface area contributed by atoms with Gasteiger partial charge >= 0.3 is 0 Å². The normalized spacial score (nSPS) is 13.9. The molecule has 0 spiro atoms. The zero-order chi connectivity index (χ0) is 16.0. The Morgan fingerprint density at radius 1 is 1.10 bits per heavy atom. The van der Waals surface area contributed by atoms with E-state index in [2.05, 4.69) is 48.5 Å². The van der Waals surface area contributed by atoms with Crippen LogP contribution in [0.5, 0.6) is 0 Å². The van der Waals surface area contributed by atoms with Gasteiger partial charge in [0.1, 0.15) is 5.82 Å². The molecule has 21 heavy (non-hydrogen) atoms. The van der Waals surface area contributed by atoms with Crippen molar-refractivity contribution in [3.05, 3.63) is 36.2 Å². The highest BCUT2D eigenvalue weighted by molar-refractivity contribution is 4.97. The first-order valence-corrected chi connectivity index (χ1v) is 7.90. The van der Waals surface area contributed by atoms with Crippen LogP contribution in [0.4, 0.5) is 0 Å². The minimum Gasteiger partial charge on any atom is -0.332 e. The predicted molar refractivity (Wildman–Crippen MR) is 88.5 cm³/mol. The van der Waals surface area contributed by atoms with Crippen LogP contribution >= 0.6 is 0 Å². The summed E-state index contributed by atoms with van der Waals surface area (Å²) in [6.07, 6.45) is 8.63. The molecule has 3 rings (SSSR count). The van der Waals surface area contributed by atoms with E-state index in [4.69, 9.17) is 0 Å². The monoisotopic (exact) mass is 290 g/mol. The van der Waals surface area contributed by atoms with Crippen LogP contribution in [0.2, 0.25) is 0 Å². The molecule has 0 N–H and O–H groups in total. The number of hydrogen-bond donors (Lipinski definition) is 0. The quantitative estimate of drug-likeness (QED) is 0.775. The SMILES string of the molecule is CC.Cc1ccn(C(C)(C)C)n1.Cc1nccn1C1CC1. The molecule has 1 aliphatic carbocycles. The Balaban J connectivity index is 0.000000188. The molecule has 1 fully saturated rings. The molecular formula is C17H30N4. The Bertz CT molecular complexity index is 527. The maximum Gasteiger partial charge on any atom is 0.105 e. The summed E-state index contributed by atoms with van der Waals surface area (Å²) in [5.41, 5.74) is 1.20. The molecule has 0 unspecified atom stereocenters. The molecule has 0 amide bonds. The fourth-order valence-corrected chi connectivity index (χ4v) is 1.91. The van der Waals surface area contributed by atoms with Gasteiger partial charge in [0.05, 0.1) is 11.2 Å². The minimum absolute atomic E-state index is 0.119. The molecule has 118 valence electrons. The third-order valence-electron chi connectivity index (χ3n) is 3.21. The topological polar surface area (TPSA) is 35.6 Å². The molecule has 0 aromatic carbocycles. The lowest BCUT2D eigenvalue weighted by atomic mass is 10.1. The second-order valence-corrected chi connectivity index (χ2v) is 6.19. The molecule has 4 nitrogen and oxygen atoms in total. The van der Waals surface area contributed by atoms with Crippen LogP contribution in [0.25, 0.3) is 0 Å². The second kappa shape index (κ2) is 7.43. The molecule has 0 atom stereocenters. The van der Waals surface area contributed by atoms with Crippen molar-refractivity contribution in [3.8, 4) is 0 Å². The molecule has 0 bridgehead atoms. The van der Waals surface area contributed by atoms with E-state index in [9.17, 15) is 0 Å². The first-order chi connectivity index (χ1) is 9.88. The standard InChI is InChI=1S/C8H14N2.C7H10N2.C2H6/c1-7-5-6-10(9-7)8(2,3)4;1-6-8-4-5-9(6)7-2-3-7;1-2/h5-6H,1-4H3;4-5,7H,2-3H2,1H3;1-2H3. The van der Waals surface area contributed by atoms with Gasteiger partial charge in [0, 0.05) is 24.6 Å².